The SMILES string of the molecule is CC(C)S(=O)(=O)n1c(N)nc2ccc(-c3nc(-c4cccc(OCCN5CCCCC5)c4)[nH]c3-c3ccccc3)cc21. The summed E-state index contributed by atoms with van der Waals surface area (Å²) in [5.74, 6) is 1.43. The second kappa shape index (κ2) is 11.6. The van der Waals surface area contributed by atoms with Crippen LogP contribution in [0.5, 0.6) is 5.75 Å². The molecule has 42 heavy (non-hydrogen) atoms. The maximum atomic E-state index is 13.2. The first-order valence-electron chi connectivity index (χ1n) is 14.4. The lowest BCUT2D eigenvalue weighted by Crippen LogP contribution is -2.33. The van der Waals surface area contributed by atoms with E-state index in [9.17, 15) is 8.42 Å². The number of imidazole rings is 2. The van der Waals surface area contributed by atoms with Crippen LogP contribution in [0, 0.1) is 0 Å². The smallest absolute Gasteiger partial charge is 0.244 e. The molecule has 6 rings (SSSR count). The highest BCUT2D eigenvalue weighted by atomic mass is 32.2. The van der Waals surface area contributed by atoms with Gasteiger partial charge in [-0.1, -0.05) is 55.0 Å². The van der Waals surface area contributed by atoms with E-state index in [1.54, 1.807) is 26.0 Å². The molecule has 0 unspecified atom stereocenters. The molecule has 2 aromatic heterocycles. The van der Waals surface area contributed by atoms with Gasteiger partial charge in [0, 0.05) is 23.2 Å². The standard InChI is InChI=1S/C32H36N6O3S/c1-22(2)42(39,40)38-28-21-24(14-15-27(28)34-32(38)33)30-29(23-10-5-3-6-11-23)35-31(36-30)25-12-9-13-26(20-25)41-19-18-37-16-7-4-8-17-37/h3,5-6,9-15,20-22H,4,7-8,16-19H2,1-2H3,(H2,33,34)(H,35,36). The Kier molecular flexibility index (Phi) is 7.74. The van der Waals surface area contributed by atoms with E-state index >= 15 is 0 Å². The average molecular weight is 585 g/mol. The first-order valence-corrected chi connectivity index (χ1v) is 16.0. The third-order valence-electron chi connectivity index (χ3n) is 7.76. The van der Waals surface area contributed by atoms with Crippen molar-refractivity contribution >= 4 is 27.0 Å². The predicted molar refractivity (Wildman–Crippen MR) is 168 cm³/mol. The molecule has 1 aliphatic heterocycles. The number of aromatic nitrogens is 4. The van der Waals surface area contributed by atoms with Gasteiger partial charge < -0.3 is 15.5 Å². The highest BCUT2D eigenvalue weighted by Crippen LogP contribution is 2.36. The van der Waals surface area contributed by atoms with Crippen LogP contribution in [0.4, 0.5) is 5.95 Å². The van der Waals surface area contributed by atoms with Crippen molar-refractivity contribution < 1.29 is 13.2 Å². The molecule has 0 radical (unpaired) electrons. The summed E-state index contributed by atoms with van der Waals surface area (Å²) in [6.45, 7) is 7.10. The monoisotopic (exact) mass is 584 g/mol. The van der Waals surface area contributed by atoms with Gasteiger partial charge in [0.2, 0.25) is 16.0 Å². The number of piperidine rings is 1. The van der Waals surface area contributed by atoms with Crippen LogP contribution in [0.1, 0.15) is 33.1 Å². The lowest BCUT2D eigenvalue weighted by atomic mass is 10.0. The number of benzene rings is 3. The summed E-state index contributed by atoms with van der Waals surface area (Å²) in [6, 6.07) is 23.4. The number of H-pyrrole nitrogens is 1. The number of hydrogen-bond donors (Lipinski definition) is 2. The van der Waals surface area contributed by atoms with Gasteiger partial charge in [-0.2, -0.15) is 0 Å². The van der Waals surface area contributed by atoms with Crippen LogP contribution in [-0.2, 0) is 10.0 Å². The van der Waals surface area contributed by atoms with Crippen molar-refractivity contribution in [2.24, 2.45) is 0 Å². The number of anilines is 1. The zero-order valence-electron chi connectivity index (χ0n) is 24.0. The van der Waals surface area contributed by atoms with Crippen molar-refractivity contribution in [3.05, 3.63) is 72.8 Å². The van der Waals surface area contributed by atoms with Crippen molar-refractivity contribution in [1.29, 1.82) is 0 Å². The zero-order chi connectivity index (χ0) is 29.3. The van der Waals surface area contributed by atoms with E-state index in [1.807, 2.05) is 60.7 Å². The Balaban J connectivity index is 1.38. The van der Waals surface area contributed by atoms with Crippen LogP contribution in [0.25, 0.3) is 44.9 Å². The molecule has 3 aromatic carbocycles. The number of hydrogen-bond acceptors (Lipinski definition) is 7. The fraction of sp³-hybridized carbons (Fsp3) is 0.312. The molecule has 0 amide bonds. The minimum atomic E-state index is -3.73. The third-order valence-corrected chi connectivity index (χ3v) is 9.84. The minimum absolute atomic E-state index is 0.0565. The molecule has 0 saturated carbocycles. The number of ether oxygens (including phenoxy) is 1. The van der Waals surface area contributed by atoms with Gasteiger partial charge in [0.05, 0.1) is 27.7 Å². The molecular weight excluding hydrogens is 548 g/mol. The summed E-state index contributed by atoms with van der Waals surface area (Å²) >= 11 is 0. The van der Waals surface area contributed by atoms with Crippen molar-refractivity contribution in [2.75, 3.05) is 32.0 Å². The Morgan fingerprint density at radius 3 is 2.43 bits per heavy atom. The third kappa shape index (κ3) is 5.52. The van der Waals surface area contributed by atoms with Crippen LogP contribution in [-0.4, -0.2) is 63.7 Å². The molecule has 10 heteroatoms. The molecule has 218 valence electrons. The van der Waals surface area contributed by atoms with Gasteiger partial charge in [-0.25, -0.2) is 22.4 Å². The summed E-state index contributed by atoms with van der Waals surface area (Å²) in [5.41, 5.74) is 11.2. The maximum absolute atomic E-state index is 13.2. The topological polar surface area (TPSA) is 119 Å². The average Bonchev–Trinajstić information content (AvgIpc) is 3.59. The van der Waals surface area contributed by atoms with Crippen LogP contribution >= 0.6 is 0 Å². The first-order chi connectivity index (χ1) is 20.3. The summed E-state index contributed by atoms with van der Waals surface area (Å²) in [5, 5.41) is -0.660. The maximum Gasteiger partial charge on any atom is 0.244 e. The molecule has 9 nitrogen and oxygen atoms in total. The second-order valence-electron chi connectivity index (χ2n) is 11.0. The van der Waals surface area contributed by atoms with Gasteiger partial charge in [0.25, 0.3) is 0 Å². The number of nitrogens with zero attached hydrogens (tertiary/aromatic N) is 4. The van der Waals surface area contributed by atoms with Crippen LogP contribution in [0.3, 0.4) is 0 Å². The Morgan fingerprint density at radius 1 is 0.905 bits per heavy atom. The van der Waals surface area contributed by atoms with Crippen molar-refractivity contribution in [1.82, 2.24) is 23.8 Å². The van der Waals surface area contributed by atoms with E-state index in [4.69, 9.17) is 15.5 Å². The number of nitrogen functional groups attached to an aromatic ring is 1. The van der Waals surface area contributed by atoms with Gasteiger partial charge in [-0.15, -0.1) is 0 Å². The van der Waals surface area contributed by atoms with E-state index in [0.29, 0.717) is 29.2 Å². The number of nitrogens with one attached hydrogen (secondary N) is 1. The Morgan fingerprint density at radius 2 is 1.67 bits per heavy atom. The highest BCUT2D eigenvalue weighted by Gasteiger charge is 2.25. The first kappa shape index (κ1) is 28.0. The molecule has 0 spiro atoms. The fourth-order valence-corrected chi connectivity index (χ4v) is 6.58. The molecule has 3 N–H and O–H groups in total. The molecule has 0 bridgehead atoms. The van der Waals surface area contributed by atoms with Gasteiger partial charge in [0.1, 0.15) is 18.2 Å². The number of likely N-dealkylation sites (tertiary alicyclic amines) is 1. The minimum Gasteiger partial charge on any atom is -0.492 e. The molecule has 1 aliphatic rings. The predicted octanol–water partition coefficient (Wildman–Crippen LogP) is 5.79. The van der Waals surface area contributed by atoms with Crippen molar-refractivity contribution in [2.45, 2.75) is 38.4 Å². The Hall–Kier alpha value is -4.15. The summed E-state index contributed by atoms with van der Waals surface area (Å²) in [7, 11) is -3.73. The summed E-state index contributed by atoms with van der Waals surface area (Å²) in [6.07, 6.45) is 3.84. The van der Waals surface area contributed by atoms with Gasteiger partial charge in [0.15, 0.2) is 0 Å². The second-order valence-corrected chi connectivity index (χ2v) is 13.3. The fourth-order valence-electron chi connectivity index (χ4n) is 5.44. The molecule has 0 atom stereocenters. The van der Waals surface area contributed by atoms with E-state index in [2.05, 4.69) is 14.9 Å². The summed E-state index contributed by atoms with van der Waals surface area (Å²) < 4.78 is 33.6. The number of nitrogens with two attached hydrogens (primary N) is 1. The van der Waals surface area contributed by atoms with E-state index in [0.717, 1.165) is 51.7 Å². The van der Waals surface area contributed by atoms with E-state index in [-0.39, 0.29) is 5.95 Å². The molecule has 5 aromatic rings. The lowest BCUT2D eigenvalue weighted by molar-refractivity contribution is 0.183. The highest BCUT2D eigenvalue weighted by molar-refractivity contribution is 7.90. The molecule has 1 fully saturated rings. The zero-order valence-corrected chi connectivity index (χ0v) is 24.8. The molecule has 0 aliphatic carbocycles. The molecule has 3 heterocycles. The number of aromatic amines is 1. The normalized spacial score (nSPS) is 14.5. The Labute approximate surface area is 246 Å². The van der Waals surface area contributed by atoms with Crippen molar-refractivity contribution in [3.8, 4) is 39.7 Å². The van der Waals surface area contributed by atoms with E-state index < -0.39 is 15.3 Å². The lowest BCUT2D eigenvalue weighted by Gasteiger charge is -2.26. The Bertz CT molecular complexity index is 1800. The quantitative estimate of drug-likeness (QED) is 0.225. The molecule has 1 saturated heterocycles. The number of fused-ring (bicyclic) bond motifs is 1. The van der Waals surface area contributed by atoms with Crippen LogP contribution in [0.15, 0.2) is 72.8 Å². The number of rotatable bonds is 9. The van der Waals surface area contributed by atoms with Gasteiger partial charge in [-0.3, -0.25) is 4.90 Å². The largest absolute Gasteiger partial charge is 0.492 e. The van der Waals surface area contributed by atoms with Crippen LogP contribution < -0.4 is 10.5 Å². The summed E-state index contributed by atoms with van der Waals surface area (Å²) in [4.78, 5) is 15.3. The van der Waals surface area contributed by atoms with Crippen molar-refractivity contribution in [3.63, 3.8) is 0 Å². The van der Waals surface area contributed by atoms with E-state index in [1.165, 1.54) is 19.3 Å². The van der Waals surface area contributed by atoms with Gasteiger partial charge in [-0.05, 0) is 64.0 Å². The molecular formula is C32H36N6O3S. The van der Waals surface area contributed by atoms with Crippen LogP contribution in [0.2, 0.25) is 0 Å². The van der Waals surface area contributed by atoms with Gasteiger partial charge >= 0.3 is 0 Å².